The van der Waals surface area contributed by atoms with E-state index in [0.29, 0.717) is 24.2 Å². The first-order valence-corrected chi connectivity index (χ1v) is 6.77. The van der Waals surface area contributed by atoms with Crippen molar-refractivity contribution in [3.63, 3.8) is 0 Å². The van der Waals surface area contributed by atoms with E-state index in [0.717, 1.165) is 17.4 Å². The summed E-state index contributed by atoms with van der Waals surface area (Å²) in [4.78, 5) is 0. The topological polar surface area (TPSA) is 58.8 Å². The highest BCUT2D eigenvalue weighted by atomic mass is 32.1. The van der Waals surface area contributed by atoms with Crippen molar-refractivity contribution in [2.24, 2.45) is 11.0 Å². The zero-order valence-electron chi connectivity index (χ0n) is 11.2. The van der Waals surface area contributed by atoms with Crippen LogP contribution in [0.2, 0.25) is 0 Å². The summed E-state index contributed by atoms with van der Waals surface area (Å²) in [5.41, 5.74) is 2.73. The SMILES string of the molecule is COCCNC(=S)N/N=C\c1ccc([C@@H]2C[C@@H]2C)o1. The van der Waals surface area contributed by atoms with E-state index in [4.69, 9.17) is 21.4 Å². The average Bonchev–Trinajstić information content (AvgIpc) is 2.93. The summed E-state index contributed by atoms with van der Waals surface area (Å²) >= 11 is 5.03. The van der Waals surface area contributed by atoms with Crippen LogP contribution in [-0.2, 0) is 4.74 Å². The van der Waals surface area contributed by atoms with Crippen LogP contribution in [0.3, 0.4) is 0 Å². The Bertz CT molecular complexity index is 458. The van der Waals surface area contributed by atoms with Crippen LogP contribution in [0.4, 0.5) is 0 Å². The summed E-state index contributed by atoms with van der Waals surface area (Å²) in [6.07, 6.45) is 2.84. The van der Waals surface area contributed by atoms with Crippen LogP contribution in [0.5, 0.6) is 0 Å². The highest BCUT2D eigenvalue weighted by Crippen LogP contribution is 2.47. The fourth-order valence-electron chi connectivity index (χ4n) is 1.82. The van der Waals surface area contributed by atoms with Crippen molar-refractivity contribution in [2.75, 3.05) is 20.3 Å². The Labute approximate surface area is 118 Å². The molecule has 2 atom stereocenters. The zero-order valence-corrected chi connectivity index (χ0v) is 12.0. The van der Waals surface area contributed by atoms with Gasteiger partial charge in [-0.05, 0) is 36.7 Å². The Morgan fingerprint density at radius 1 is 1.63 bits per heavy atom. The van der Waals surface area contributed by atoms with E-state index in [2.05, 4.69) is 22.8 Å². The first-order chi connectivity index (χ1) is 9.20. The molecule has 0 radical (unpaired) electrons. The second kappa shape index (κ2) is 6.68. The molecule has 1 fully saturated rings. The van der Waals surface area contributed by atoms with Crippen LogP contribution in [-0.4, -0.2) is 31.6 Å². The van der Waals surface area contributed by atoms with Gasteiger partial charge in [0.25, 0.3) is 0 Å². The van der Waals surface area contributed by atoms with Gasteiger partial charge < -0.3 is 14.5 Å². The molecular formula is C13H19N3O2S. The van der Waals surface area contributed by atoms with Crippen LogP contribution >= 0.6 is 12.2 Å². The molecule has 1 aromatic heterocycles. The molecule has 0 aromatic carbocycles. The molecule has 0 spiro atoms. The molecule has 1 saturated carbocycles. The minimum absolute atomic E-state index is 0.468. The van der Waals surface area contributed by atoms with Crippen molar-refractivity contribution in [1.29, 1.82) is 0 Å². The van der Waals surface area contributed by atoms with Gasteiger partial charge >= 0.3 is 0 Å². The molecule has 0 amide bonds. The van der Waals surface area contributed by atoms with Gasteiger partial charge in [-0.25, -0.2) is 0 Å². The predicted octanol–water partition coefficient (Wildman–Crippen LogP) is 1.85. The van der Waals surface area contributed by atoms with Crippen LogP contribution in [0, 0.1) is 5.92 Å². The summed E-state index contributed by atoms with van der Waals surface area (Å²) < 4.78 is 10.6. The quantitative estimate of drug-likeness (QED) is 0.361. The summed E-state index contributed by atoms with van der Waals surface area (Å²) in [6, 6.07) is 3.94. The number of hydrazone groups is 1. The molecule has 1 aliphatic carbocycles. The third kappa shape index (κ3) is 4.33. The first-order valence-electron chi connectivity index (χ1n) is 6.36. The number of nitrogens with zero attached hydrogens (tertiary/aromatic N) is 1. The van der Waals surface area contributed by atoms with E-state index in [1.165, 1.54) is 6.42 Å². The fourth-order valence-corrected chi connectivity index (χ4v) is 1.97. The van der Waals surface area contributed by atoms with Gasteiger partial charge in [0.05, 0.1) is 12.8 Å². The lowest BCUT2D eigenvalue weighted by atomic mass is 10.3. The molecule has 1 heterocycles. The molecule has 6 heteroatoms. The van der Waals surface area contributed by atoms with E-state index in [9.17, 15) is 0 Å². The summed E-state index contributed by atoms with van der Waals surface area (Å²) in [7, 11) is 1.64. The maximum atomic E-state index is 5.69. The Hall–Kier alpha value is -1.40. The van der Waals surface area contributed by atoms with Crippen molar-refractivity contribution < 1.29 is 9.15 Å². The van der Waals surface area contributed by atoms with Gasteiger partial charge in [-0.2, -0.15) is 5.10 Å². The lowest BCUT2D eigenvalue weighted by Crippen LogP contribution is -2.34. The molecule has 5 nitrogen and oxygen atoms in total. The fraction of sp³-hybridized carbons (Fsp3) is 0.538. The van der Waals surface area contributed by atoms with Crippen molar-refractivity contribution in [2.45, 2.75) is 19.3 Å². The number of hydrogen-bond donors (Lipinski definition) is 2. The predicted molar refractivity (Wildman–Crippen MR) is 78.4 cm³/mol. The Morgan fingerprint density at radius 2 is 2.42 bits per heavy atom. The van der Waals surface area contributed by atoms with E-state index in [1.54, 1.807) is 13.3 Å². The largest absolute Gasteiger partial charge is 0.460 e. The molecule has 1 aromatic rings. The van der Waals surface area contributed by atoms with Crippen molar-refractivity contribution in [3.05, 3.63) is 23.7 Å². The number of nitrogens with one attached hydrogen (secondary N) is 2. The maximum Gasteiger partial charge on any atom is 0.187 e. The lowest BCUT2D eigenvalue weighted by molar-refractivity contribution is 0.204. The molecule has 1 aliphatic rings. The van der Waals surface area contributed by atoms with Crippen LogP contribution in [0.25, 0.3) is 0 Å². The van der Waals surface area contributed by atoms with Gasteiger partial charge in [0, 0.05) is 19.6 Å². The average molecular weight is 281 g/mol. The minimum atomic E-state index is 0.468. The maximum absolute atomic E-state index is 5.69. The number of rotatable bonds is 6. The summed E-state index contributed by atoms with van der Waals surface area (Å²) in [5.74, 6) is 3.12. The highest BCUT2D eigenvalue weighted by molar-refractivity contribution is 7.80. The van der Waals surface area contributed by atoms with Gasteiger partial charge in [0.15, 0.2) is 5.11 Å². The smallest absolute Gasteiger partial charge is 0.187 e. The van der Waals surface area contributed by atoms with Crippen LogP contribution in [0.1, 0.15) is 30.8 Å². The third-order valence-corrected chi connectivity index (χ3v) is 3.31. The standard InChI is InChI=1S/C13H19N3O2S/c1-9-7-11(9)12-4-3-10(18-12)8-15-16-13(19)14-5-6-17-2/h3-4,8-9,11H,5-7H2,1-2H3,(H2,14,16,19)/b15-8-/t9-,11+/m0/s1. The van der Waals surface area contributed by atoms with Gasteiger partial charge in [0.1, 0.15) is 11.5 Å². The molecule has 0 unspecified atom stereocenters. The van der Waals surface area contributed by atoms with E-state index in [-0.39, 0.29) is 0 Å². The van der Waals surface area contributed by atoms with Gasteiger partial charge in [-0.15, -0.1) is 0 Å². The second-order valence-corrected chi connectivity index (χ2v) is 5.09. The second-order valence-electron chi connectivity index (χ2n) is 4.68. The number of furan rings is 1. The number of thiocarbonyl (C=S) groups is 1. The summed E-state index contributed by atoms with van der Waals surface area (Å²) in [6.45, 7) is 3.49. The Kier molecular flexibility index (Phi) is 4.93. The lowest BCUT2D eigenvalue weighted by Gasteiger charge is -2.04. The molecule has 2 rings (SSSR count). The molecule has 2 N–H and O–H groups in total. The first kappa shape index (κ1) is 14.0. The van der Waals surface area contributed by atoms with E-state index >= 15 is 0 Å². The Morgan fingerprint density at radius 3 is 3.11 bits per heavy atom. The van der Waals surface area contributed by atoms with Gasteiger partial charge in [0.2, 0.25) is 0 Å². The van der Waals surface area contributed by atoms with Crippen molar-refractivity contribution >= 4 is 23.5 Å². The van der Waals surface area contributed by atoms with E-state index in [1.807, 2.05) is 12.1 Å². The highest BCUT2D eigenvalue weighted by Gasteiger charge is 2.36. The third-order valence-electron chi connectivity index (χ3n) is 3.07. The van der Waals surface area contributed by atoms with Gasteiger partial charge in [-0.3, -0.25) is 5.43 Å². The van der Waals surface area contributed by atoms with Crippen LogP contribution < -0.4 is 10.7 Å². The molecule has 19 heavy (non-hydrogen) atoms. The molecule has 0 saturated heterocycles. The molecule has 0 bridgehead atoms. The van der Waals surface area contributed by atoms with Crippen molar-refractivity contribution in [3.8, 4) is 0 Å². The van der Waals surface area contributed by atoms with Crippen LogP contribution in [0.15, 0.2) is 21.7 Å². The number of methoxy groups -OCH3 is 1. The summed E-state index contributed by atoms with van der Waals surface area (Å²) in [5, 5.41) is 7.45. The zero-order chi connectivity index (χ0) is 13.7. The number of hydrogen-bond acceptors (Lipinski definition) is 4. The minimum Gasteiger partial charge on any atom is -0.460 e. The normalized spacial score (nSPS) is 21.6. The van der Waals surface area contributed by atoms with E-state index < -0.39 is 0 Å². The van der Waals surface area contributed by atoms with Gasteiger partial charge in [-0.1, -0.05) is 6.92 Å². The molecule has 104 valence electrons. The Balaban J connectivity index is 1.73. The molecular weight excluding hydrogens is 262 g/mol. The number of ether oxygens (including phenoxy) is 1. The molecule has 0 aliphatic heterocycles. The van der Waals surface area contributed by atoms with Crippen molar-refractivity contribution in [1.82, 2.24) is 10.7 Å². The monoisotopic (exact) mass is 281 g/mol.